The minimum atomic E-state index is -0.817. The number of phenolic OH excluding ortho intramolecular Hbond substituents is 1. The van der Waals surface area contributed by atoms with Crippen molar-refractivity contribution < 1.29 is 28.1 Å². The molecule has 2 saturated heterocycles. The van der Waals surface area contributed by atoms with Gasteiger partial charge in [0, 0.05) is 58.9 Å². The normalized spacial score (nSPS) is 17.9. The number of benzene rings is 4. The van der Waals surface area contributed by atoms with Gasteiger partial charge in [0.1, 0.15) is 45.8 Å². The minimum absolute atomic E-state index is 0.0505. The summed E-state index contributed by atoms with van der Waals surface area (Å²) in [5.41, 5.74) is 6.77. The van der Waals surface area contributed by atoms with Crippen LogP contribution in [-0.4, -0.2) is 81.0 Å². The molecule has 65 heavy (non-hydrogen) atoms. The smallest absolute Gasteiger partial charge is 0.162 e. The molecular weight excluding hydrogens is 846 g/mol. The number of aliphatic hydroxyl groups is 1. The van der Waals surface area contributed by atoms with E-state index in [2.05, 4.69) is 63.5 Å². The molecule has 0 aliphatic carbocycles. The monoisotopic (exact) mass is 904 g/mol. The topological polar surface area (TPSA) is 99.2 Å². The molecule has 2 N–H and O–H groups in total. The highest BCUT2D eigenvalue weighted by atomic mass is 32.1. The van der Waals surface area contributed by atoms with Gasteiger partial charge >= 0.3 is 0 Å². The standard InChI is InChI=1S/C46H54F2N6O3S.C6H5F/c1-8-35(36-12-10-34(55)21-26(36)2)42-38(47)22-32(23-39(42)48)31-13-17-52(18-14-31)25-46(56)15-19-53(20-16-46)33-9-11-37(40(24-33)57-7)43-41-27(3)29(5)58-45(41)54-30(6)50-51-44(54)28(4)49-43;7-6-4-2-1-3-5-6/h9-12,21-24,28,31,35,55-56H,8,13-20,25H2,1-7H3;1-5H/t28-,35+;/m0./s1. The van der Waals surface area contributed by atoms with Gasteiger partial charge in [0.2, 0.25) is 0 Å². The van der Waals surface area contributed by atoms with Crippen LogP contribution in [0.4, 0.5) is 18.9 Å². The second-order valence-electron chi connectivity index (χ2n) is 17.9. The largest absolute Gasteiger partial charge is 0.508 e. The van der Waals surface area contributed by atoms with Crippen LogP contribution in [-0.2, 0) is 0 Å². The number of rotatable bonds is 9. The lowest BCUT2D eigenvalue weighted by atomic mass is 9.83. The molecule has 0 radical (unpaired) electrons. The van der Waals surface area contributed by atoms with Crippen LogP contribution in [0.3, 0.4) is 0 Å². The van der Waals surface area contributed by atoms with Gasteiger partial charge in [-0.25, -0.2) is 13.2 Å². The van der Waals surface area contributed by atoms with Gasteiger partial charge in [-0.3, -0.25) is 9.56 Å². The quantitative estimate of drug-likeness (QED) is 0.149. The van der Waals surface area contributed by atoms with E-state index in [1.54, 1.807) is 54.8 Å². The number of hydrogen-bond donors (Lipinski definition) is 2. The average Bonchev–Trinajstić information content (AvgIpc) is 3.78. The zero-order valence-electron chi connectivity index (χ0n) is 38.3. The fourth-order valence-corrected chi connectivity index (χ4v) is 11.1. The van der Waals surface area contributed by atoms with E-state index in [1.165, 1.54) is 34.7 Å². The van der Waals surface area contributed by atoms with E-state index in [1.807, 2.05) is 20.8 Å². The maximum Gasteiger partial charge on any atom is 0.162 e. The van der Waals surface area contributed by atoms with Crippen molar-refractivity contribution in [2.45, 2.75) is 97.1 Å². The highest BCUT2D eigenvalue weighted by Gasteiger charge is 2.37. The summed E-state index contributed by atoms with van der Waals surface area (Å²) >= 11 is 1.74. The molecule has 0 bridgehead atoms. The number of aromatic hydroxyl groups is 1. The Balaban J connectivity index is 0.000000753. The van der Waals surface area contributed by atoms with Gasteiger partial charge in [0.05, 0.1) is 18.4 Å². The Morgan fingerprint density at radius 1 is 0.877 bits per heavy atom. The maximum absolute atomic E-state index is 15.7. The van der Waals surface area contributed by atoms with Gasteiger partial charge in [0.15, 0.2) is 5.82 Å². The zero-order chi connectivity index (χ0) is 46.2. The molecule has 0 unspecified atom stereocenters. The van der Waals surface area contributed by atoms with Crippen LogP contribution in [0.5, 0.6) is 11.5 Å². The molecule has 0 amide bonds. The number of hydrogen-bond acceptors (Lipinski definition) is 9. The first kappa shape index (κ1) is 46.0. The fraction of sp³-hybridized carbons (Fsp3) is 0.404. The van der Waals surface area contributed by atoms with Gasteiger partial charge < -0.3 is 24.7 Å². The van der Waals surface area contributed by atoms with E-state index in [-0.39, 0.29) is 29.1 Å². The number of likely N-dealkylation sites (tertiary alicyclic amines) is 1. The van der Waals surface area contributed by atoms with E-state index < -0.39 is 23.2 Å². The number of β-amino-alcohol motifs (C(OH)–C–C–N with tert-alkyl or cyclic N) is 1. The minimum Gasteiger partial charge on any atom is -0.508 e. The van der Waals surface area contributed by atoms with Crippen LogP contribution in [0.2, 0.25) is 0 Å². The molecule has 2 fully saturated rings. The predicted octanol–water partition coefficient (Wildman–Crippen LogP) is 11.0. The SMILES string of the molecule is CC[C@H](c1ccc(O)cc1C)c1c(F)cc(C2CCN(CC3(O)CCN(c4ccc(C5=N[C@@H](C)c6nnc(C)n6-c6sc(C)c(C)c65)c(OC)c4)CC3)CC2)cc1F.Fc1ccccc1. The van der Waals surface area contributed by atoms with E-state index in [0.717, 1.165) is 82.0 Å². The number of phenols is 1. The number of methoxy groups -OCH3 is 1. The number of halogens is 3. The maximum atomic E-state index is 15.7. The molecule has 0 saturated carbocycles. The van der Waals surface area contributed by atoms with Gasteiger partial charge in [-0.2, -0.15) is 0 Å². The summed E-state index contributed by atoms with van der Waals surface area (Å²) in [6.07, 6.45) is 3.35. The van der Waals surface area contributed by atoms with Crippen molar-refractivity contribution in [2.75, 3.05) is 44.7 Å². The van der Waals surface area contributed by atoms with Gasteiger partial charge in [-0.05, 0) is 157 Å². The van der Waals surface area contributed by atoms with Crippen LogP contribution in [0.1, 0.15) is 119 Å². The second-order valence-corrected chi connectivity index (χ2v) is 19.1. The Hall–Kier alpha value is -5.50. The number of ether oxygens (including phenoxy) is 1. The van der Waals surface area contributed by atoms with Crippen molar-refractivity contribution in [3.8, 4) is 16.5 Å². The number of thiophene rings is 1. The van der Waals surface area contributed by atoms with E-state index in [9.17, 15) is 14.6 Å². The average molecular weight is 905 g/mol. The van der Waals surface area contributed by atoms with Gasteiger partial charge in [-0.15, -0.1) is 21.5 Å². The fourth-order valence-electron chi connectivity index (χ4n) is 9.94. The summed E-state index contributed by atoms with van der Waals surface area (Å²) < 4.78 is 51.6. The van der Waals surface area contributed by atoms with Crippen molar-refractivity contribution in [1.82, 2.24) is 19.7 Å². The highest BCUT2D eigenvalue weighted by molar-refractivity contribution is 7.15. The molecule has 6 aromatic rings. The zero-order valence-corrected chi connectivity index (χ0v) is 39.2. The van der Waals surface area contributed by atoms with Gasteiger partial charge in [0.25, 0.3) is 0 Å². The van der Waals surface area contributed by atoms with Crippen molar-refractivity contribution in [2.24, 2.45) is 4.99 Å². The Morgan fingerprint density at radius 2 is 1.57 bits per heavy atom. The molecule has 2 atom stereocenters. The molecule has 3 aliphatic heterocycles. The number of aromatic nitrogens is 3. The Bertz CT molecular complexity index is 2660. The number of fused-ring (bicyclic) bond motifs is 3. The number of aryl methyl sites for hydroxylation is 3. The summed E-state index contributed by atoms with van der Waals surface area (Å²) in [6, 6.07) is 22.1. The van der Waals surface area contributed by atoms with E-state index in [4.69, 9.17) is 9.73 Å². The lowest BCUT2D eigenvalue weighted by Gasteiger charge is -2.43. The molecule has 342 valence electrons. The van der Waals surface area contributed by atoms with Crippen LogP contribution in [0.25, 0.3) is 5.00 Å². The molecule has 9 nitrogen and oxygen atoms in total. The molecule has 5 heterocycles. The van der Waals surface area contributed by atoms with Crippen molar-refractivity contribution in [3.05, 3.63) is 152 Å². The molecule has 0 spiro atoms. The highest BCUT2D eigenvalue weighted by Crippen LogP contribution is 2.42. The summed E-state index contributed by atoms with van der Waals surface area (Å²) in [6.45, 7) is 15.6. The lowest BCUT2D eigenvalue weighted by molar-refractivity contribution is -0.0213. The molecule has 13 heteroatoms. The third-order valence-corrected chi connectivity index (χ3v) is 14.8. The Kier molecular flexibility index (Phi) is 13.6. The first-order valence-corrected chi connectivity index (χ1v) is 23.5. The lowest BCUT2D eigenvalue weighted by Crippen LogP contribution is -2.52. The van der Waals surface area contributed by atoms with Crippen molar-refractivity contribution in [3.63, 3.8) is 0 Å². The number of piperidine rings is 2. The third-order valence-electron chi connectivity index (χ3n) is 13.6. The summed E-state index contributed by atoms with van der Waals surface area (Å²) in [7, 11) is 1.71. The van der Waals surface area contributed by atoms with Gasteiger partial charge in [-0.1, -0.05) is 31.2 Å². The molecule has 2 aromatic heterocycles. The Morgan fingerprint density at radius 3 is 2.18 bits per heavy atom. The summed E-state index contributed by atoms with van der Waals surface area (Å²) in [5.74, 6) is 0.975. The number of aliphatic imine (C=N–C) groups is 1. The second kappa shape index (κ2) is 19.1. The van der Waals surface area contributed by atoms with E-state index in [0.29, 0.717) is 44.5 Å². The third kappa shape index (κ3) is 9.46. The summed E-state index contributed by atoms with van der Waals surface area (Å²) in [5, 5.41) is 31.6. The van der Waals surface area contributed by atoms with Crippen LogP contribution < -0.4 is 9.64 Å². The molecular formula is C52H59F3N6O3S. The Labute approximate surface area is 384 Å². The summed E-state index contributed by atoms with van der Waals surface area (Å²) in [4.78, 5) is 11.1. The van der Waals surface area contributed by atoms with Crippen LogP contribution in [0.15, 0.2) is 83.9 Å². The van der Waals surface area contributed by atoms with E-state index >= 15 is 8.78 Å². The first-order valence-electron chi connectivity index (χ1n) is 22.7. The first-order chi connectivity index (χ1) is 31.2. The number of anilines is 1. The number of nitrogens with zero attached hydrogens (tertiary/aromatic N) is 6. The van der Waals surface area contributed by atoms with Crippen LogP contribution in [0, 0.1) is 45.1 Å². The van der Waals surface area contributed by atoms with Crippen molar-refractivity contribution in [1.29, 1.82) is 0 Å². The van der Waals surface area contributed by atoms with Crippen molar-refractivity contribution >= 4 is 22.7 Å². The molecule has 4 aromatic carbocycles. The predicted molar refractivity (Wildman–Crippen MR) is 253 cm³/mol. The molecule has 9 rings (SSSR count). The van der Waals surface area contributed by atoms with Crippen LogP contribution >= 0.6 is 11.3 Å². The molecule has 3 aliphatic rings.